The van der Waals surface area contributed by atoms with E-state index in [1.807, 2.05) is 13.8 Å². The molecule has 2 aromatic rings. The average Bonchev–Trinajstić information content (AvgIpc) is 3.12. The van der Waals surface area contributed by atoms with Gasteiger partial charge in [0.2, 0.25) is 11.6 Å². The van der Waals surface area contributed by atoms with Gasteiger partial charge in [0.25, 0.3) is 5.91 Å². The van der Waals surface area contributed by atoms with E-state index in [0.717, 1.165) is 0 Å². The lowest BCUT2D eigenvalue weighted by atomic mass is 10.1. The smallest absolute Gasteiger partial charge is 0.445 e. The molecule has 0 saturated heterocycles. The molecule has 10 heteroatoms. The van der Waals surface area contributed by atoms with Gasteiger partial charge in [-0.1, -0.05) is 13.8 Å². The number of carbonyl (C=O) groups is 1. The molecule has 3 heterocycles. The molecule has 1 N–H and O–H groups in total. The van der Waals surface area contributed by atoms with Crippen molar-refractivity contribution in [1.29, 1.82) is 0 Å². The molecule has 0 atom stereocenters. The van der Waals surface area contributed by atoms with Gasteiger partial charge in [-0.3, -0.25) is 9.89 Å². The number of oxazole rings is 1. The van der Waals surface area contributed by atoms with Crippen LogP contribution in [0, 0.1) is 0 Å². The SMILES string of the molecule is CC(C)c1nc2c(o1)CCN(C(=O)c1n[nH]c(C(F)(F)F)n1)C2. The van der Waals surface area contributed by atoms with Crippen LogP contribution in [0.15, 0.2) is 4.42 Å². The summed E-state index contributed by atoms with van der Waals surface area (Å²) in [7, 11) is 0. The van der Waals surface area contributed by atoms with Crippen molar-refractivity contribution in [1.82, 2.24) is 25.1 Å². The van der Waals surface area contributed by atoms with Crippen molar-refractivity contribution in [3.05, 3.63) is 29.0 Å². The van der Waals surface area contributed by atoms with Gasteiger partial charge < -0.3 is 9.32 Å². The van der Waals surface area contributed by atoms with Gasteiger partial charge in [-0.25, -0.2) is 4.98 Å². The molecular formula is C13H14F3N5O2. The minimum Gasteiger partial charge on any atom is -0.445 e. The van der Waals surface area contributed by atoms with Gasteiger partial charge >= 0.3 is 6.18 Å². The highest BCUT2D eigenvalue weighted by Gasteiger charge is 2.37. The molecular weight excluding hydrogens is 315 g/mol. The molecule has 0 aromatic carbocycles. The largest absolute Gasteiger partial charge is 0.451 e. The van der Waals surface area contributed by atoms with Crippen LogP contribution in [-0.2, 0) is 19.1 Å². The number of amides is 1. The van der Waals surface area contributed by atoms with Crippen LogP contribution < -0.4 is 0 Å². The van der Waals surface area contributed by atoms with Gasteiger partial charge in [0.05, 0.1) is 6.54 Å². The standard InChI is InChI=1S/C13H14F3N5O2/c1-6(2)10-17-7-5-21(4-3-8(7)23-10)11(22)9-18-12(20-19-9)13(14,15)16/h6H,3-5H2,1-2H3,(H,18,19,20). The Morgan fingerprint density at radius 2 is 2.09 bits per heavy atom. The van der Waals surface area contributed by atoms with Crippen LogP contribution in [-0.4, -0.2) is 37.5 Å². The number of halogens is 3. The second kappa shape index (κ2) is 5.36. The van der Waals surface area contributed by atoms with Crippen molar-refractivity contribution in [3.8, 4) is 0 Å². The Balaban J connectivity index is 1.77. The van der Waals surface area contributed by atoms with Gasteiger partial charge in [-0.2, -0.15) is 18.2 Å². The maximum absolute atomic E-state index is 12.5. The highest BCUT2D eigenvalue weighted by atomic mass is 19.4. The third kappa shape index (κ3) is 2.92. The number of alkyl halides is 3. The quantitative estimate of drug-likeness (QED) is 0.912. The number of fused-ring (bicyclic) bond motifs is 1. The third-order valence-electron chi connectivity index (χ3n) is 3.47. The molecule has 0 unspecified atom stereocenters. The number of aromatic amines is 1. The Morgan fingerprint density at radius 1 is 1.35 bits per heavy atom. The first-order chi connectivity index (χ1) is 10.8. The second-order valence-corrected chi connectivity index (χ2v) is 5.56. The predicted molar refractivity (Wildman–Crippen MR) is 70.4 cm³/mol. The van der Waals surface area contributed by atoms with Crippen LogP contribution in [0.4, 0.5) is 13.2 Å². The first-order valence-corrected chi connectivity index (χ1v) is 7.03. The summed E-state index contributed by atoms with van der Waals surface area (Å²) in [6.45, 7) is 4.35. The van der Waals surface area contributed by atoms with Crippen LogP contribution in [0.25, 0.3) is 0 Å². The van der Waals surface area contributed by atoms with Gasteiger partial charge in [-0.15, -0.1) is 5.10 Å². The summed E-state index contributed by atoms with van der Waals surface area (Å²) in [6, 6.07) is 0. The zero-order chi connectivity index (χ0) is 16.8. The molecule has 2 aromatic heterocycles. The molecule has 0 spiro atoms. The summed E-state index contributed by atoms with van der Waals surface area (Å²) in [5.41, 5.74) is 0.625. The first kappa shape index (κ1) is 15.5. The van der Waals surface area contributed by atoms with E-state index in [2.05, 4.69) is 15.1 Å². The van der Waals surface area contributed by atoms with Crippen molar-refractivity contribution in [2.75, 3.05) is 6.54 Å². The van der Waals surface area contributed by atoms with Crippen molar-refractivity contribution >= 4 is 5.91 Å². The van der Waals surface area contributed by atoms with E-state index in [-0.39, 0.29) is 12.5 Å². The van der Waals surface area contributed by atoms with Gasteiger partial charge in [0.15, 0.2) is 5.89 Å². The Bertz CT molecular complexity index is 734. The van der Waals surface area contributed by atoms with Crippen LogP contribution in [0.2, 0.25) is 0 Å². The van der Waals surface area contributed by atoms with E-state index in [4.69, 9.17) is 4.42 Å². The number of hydrogen-bond donors (Lipinski definition) is 1. The Morgan fingerprint density at radius 3 is 2.70 bits per heavy atom. The van der Waals surface area contributed by atoms with Crippen molar-refractivity contribution in [2.45, 2.75) is 38.9 Å². The molecule has 3 rings (SSSR count). The number of carbonyl (C=O) groups excluding carboxylic acids is 1. The maximum Gasteiger partial charge on any atom is 0.451 e. The Labute approximate surface area is 128 Å². The molecule has 7 nitrogen and oxygen atoms in total. The number of nitrogens with one attached hydrogen (secondary N) is 1. The van der Waals surface area contributed by atoms with Crippen molar-refractivity contribution in [3.63, 3.8) is 0 Å². The molecule has 0 fully saturated rings. The number of aromatic nitrogens is 4. The van der Waals surface area contributed by atoms with E-state index in [9.17, 15) is 18.0 Å². The van der Waals surface area contributed by atoms with E-state index in [1.54, 1.807) is 5.10 Å². The number of hydrogen-bond acceptors (Lipinski definition) is 5. The lowest BCUT2D eigenvalue weighted by molar-refractivity contribution is -0.144. The summed E-state index contributed by atoms with van der Waals surface area (Å²) in [4.78, 5) is 21.2. The summed E-state index contributed by atoms with van der Waals surface area (Å²) in [5, 5.41) is 5.09. The Kier molecular flexibility index (Phi) is 3.61. The molecule has 23 heavy (non-hydrogen) atoms. The summed E-state index contributed by atoms with van der Waals surface area (Å²) in [5.74, 6) is -1.05. The van der Waals surface area contributed by atoms with Gasteiger partial charge in [-0.05, 0) is 0 Å². The Hall–Kier alpha value is -2.39. The van der Waals surface area contributed by atoms with Crippen LogP contribution in [0.3, 0.4) is 0 Å². The summed E-state index contributed by atoms with van der Waals surface area (Å²) < 4.78 is 43.1. The number of rotatable bonds is 2. The van der Waals surface area contributed by atoms with Crippen LogP contribution in [0.1, 0.15) is 53.6 Å². The topological polar surface area (TPSA) is 87.9 Å². The zero-order valence-electron chi connectivity index (χ0n) is 12.4. The number of nitrogens with zero attached hydrogens (tertiary/aromatic N) is 4. The highest BCUT2D eigenvalue weighted by molar-refractivity contribution is 5.90. The molecule has 0 radical (unpaired) electrons. The van der Waals surface area contributed by atoms with Gasteiger partial charge in [0.1, 0.15) is 11.5 Å². The second-order valence-electron chi connectivity index (χ2n) is 5.56. The molecule has 0 aliphatic carbocycles. The summed E-state index contributed by atoms with van der Waals surface area (Å²) in [6.07, 6.45) is -4.21. The van der Waals surface area contributed by atoms with Crippen molar-refractivity contribution < 1.29 is 22.4 Å². The molecule has 1 amide bonds. The first-order valence-electron chi connectivity index (χ1n) is 7.03. The molecule has 1 aliphatic rings. The average molecular weight is 329 g/mol. The minimum absolute atomic E-state index is 0.118. The molecule has 1 aliphatic heterocycles. The monoisotopic (exact) mass is 329 g/mol. The fourth-order valence-electron chi connectivity index (χ4n) is 2.26. The predicted octanol–water partition coefficient (Wildman–Crippen LogP) is 2.13. The zero-order valence-corrected chi connectivity index (χ0v) is 12.4. The number of H-pyrrole nitrogens is 1. The van der Waals surface area contributed by atoms with Crippen molar-refractivity contribution in [2.24, 2.45) is 0 Å². The minimum atomic E-state index is -4.67. The van der Waals surface area contributed by atoms with E-state index in [1.165, 1.54) is 4.90 Å². The molecule has 0 saturated carbocycles. The highest BCUT2D eigenvalue weighted by Crippen LogP contribution is 2.27. The molecule has 124 valence electrons. The third-order valence-corrected chi connectivity index (χ3v) is 3.47. The lowest BCUT2D eigenvalue weighted by Crippen LogP contribution is -2.36. The van der Waals surface area contributed by atoms with E-state index >= 15 is 0 Å². The fourth-order valence-corrected chi connectivity index (χ4v) is 2.26. The maximum atomic E-state index is 12.5. The molecule has 0 bridgehead atoms. The lowest BCUT2D eigenvalue weighted by Gasteiger charge is -2.23. The normalized spacial score (nSPS) is 15.1. The van der Waals surface area contributed by atoms with E-state index in [0.29, 0.717) is 30.3 Å². The van der Waals surface area contributed by atoms with E-state index < -0.39 is 23.7 Å². The summed E-state index contributed by atoms with van der Waals surface area (Å²) >= 11 is 0. The van der Waals surface area contributed by atoms with Crippen LogP contribution >= 0.6 is 0 Å². The van der Waals surface area contributed by atoms with Crippen LogP contribution in [0.5, 0.6) is 0 Å². The van der Waals surface area contributed by atoms with Gasteiger partial charge in [0, 0.05) is 18.9 Å². The fraction of sp³-hybridized carbons (Fsp3) is 0.538.